The lowest BCUT2D eigenvalue weighted by molar-refractivity contribution is 0.585. The van der Waals surface area contributed by atoms with Crippen molar-refractivity contribution in [3.05, 3.63) is 40.7 Å². The highest BCUT2D eigenvalue weighted by molar-refractivity contribution is 6.33. The summed E-state index contributed by atoms with van der Waals surface area (Å²) in [4.78, 5) is 4.21. The summed E-state index contributed by atoms with van der Waals surface area (Å²) >= 11 is 5.81. The normalized spacial score (nSPS) is 10.7. The summed E-state index contributed by atoms with van der Waals surface area (Å²) < 4.78 is 28.4. The third-order valence-electron chi connectivity index (χ3n) is 2.48. The zero-order valence-electron chi connectivity index (χ0n) is 9.97. The van der Waals surface area contributed by atoms with Crippen molar-refractivity contribution >= 4 is 23.2 Å². The third-order valence-corrected chi connectivity index (χ3v) is 2.78. The first-order valence-electron chi connectivity index (χ1n) is 5.46. The van der Waals surface area contributed by atoms with Gasteiger partial charge in [-0.1, -0.05) is 11.6 Å². The van der Waals surface area contributed by atoms with Crippen molar-refractivity contribution in [3.8, 4) is 0 Å². The van der Waals surface area contributed by atoms with Gasteiger partial charge in [0.1, 0.15) is 5.82 Å². The van der Waals surface area contributed by atoms with E-state index >= 15 is 0 Å². The molecule has 0 aliphatic heterocycles. The summed E-state index contributed by atoms with van der Waals surface area (Å²) in [7, 11) is 0. The van der Waals surface area contributed by atoms with Gasteiger partial charge in [-0.2, -0.15) is 0 Å². The Morgan fingerprint density at radius 1 is 1.39 bits per heavy atom. The van der Waals surface area contributed by atoms with E-state index in [1.807, 2.05) is 24.6 Å². The molecule has 1 aromatic heterocycles. The lowest BCUT2D eigenvalue weighted by atomic mass is 10.3. The molecule has 1 heterocycles. The minimum atomic E-state index is -0.747. The monoisotopic (exact) mass is 271 g/mol. The van der Waals surface area contributed by atoms with Crippen LogP contribution in [-0.2, 0) is 6.54 Å². The number of rotatable bonds is 3. The van der Waals surface area contributed by atoms with Gasteiger partial charge >= 0.3 is 0 Å². The molecule has 0 radical (unpaired) electrons. The molecular weight excluding hydrogens is 260 g/mol. The summed E-state index contributed by atoms with van der Waals surface area (Å²) in [5.41, 5.74) is 0.830. The van der Waals surface area contributed by atoms with E-state index in [2.05, 4.69) is 10.3 Å². The predicted octanol–water partition coefficient (Wildman–Crippen LogP) is 3.89. The zero-order chi connectivity index (χ0) is 13.3. The minimum Gasteiger partial charge on any atom is -0.322 e. The molecule has 0 bridgehead atoms. The molecule has 0 saturated carbocycles. The number of nitrogens with zero attached hydrogens (tertiary/aromatic N) is 2. The molecule has 0 aliphatic rings. The SMILES string of the molecule is CCn1cc(C)nc1Nc1c(F)cc(F)cc1Cl. The number of nitrogens with one attached hydrogen (secondary N) is 1. The maximum atomic E-state index is 13.6. The standard InChI is InChI=1S/C12H12ClF2N3/c1-3-18-6-7(2)16-12(18)17-11-9(13)4-8(14)5-10(11)15/h4-6H,3H2,1-2H3,(H,16,17). The van der Waals surface area contributed by atoms with Crippen LogP contribution < -0.4 is 5.32 Å². The Hall–Kier alpha value is -1.62. The van der Waals surface area contributed by atoms with E-state index in [0.29, 0.717) is 12.5 Å². The highest BCUT2D eigenvalue weighted by Crippen LogP contribution is 2.29. The highest BCUT2D eigenvalue weighted by atomic mass is 35.5. The number of hydrogen-bond donors (Lipinski definition) is 1. The van der Waals surface area contributed by atoms with Gasteiger partial charge in [-0.15, -0.1) is 0 Å². The van der Waals surface area contributed by atoms with E-state index in [1.165, 1.54) is 0 Å². The summed E-state index contributed by atoms with van der Waals surface area (Å²) in [5.74, 6) is -0.983. The first-order chi connectivity index (χ1) is 8.51. The van der Waals surface area contributed by atoms with Crippen LogP contribution >= 0.6 is 11.6 Å². The summed E-state index contributed by atoms with van der Waals surface area (Å²) in [6, 6.07) is 1.83. The molecule has 2 aromatic rings. The van der Waals surface area contributed by atoms with E-state index < -0.39 is 11.6 Å². The molecule has 3 nitrogen and oxygen atoms in total. The molecule has 0 spiro atoms. The fraction of sp³-hybridized carbons (Fsp3) is 0.250. The molecular formula is C12H12ClF2N3. The molecule has 0 unspecified atom stereocenters. The summed E-state index contributed by atoms with van der Waals surface area (Å²) in [6.45, 7) is 4.46. The van der Waals surface area contributed by atoms with Crippen LogP contribution in [0.2, 0.25) is 5.02 Å². The van der Waals surface area contributed by atoms with Crippen molar-refractivity contribution < 1.29 is 8.78 Å². The average molecular weight is 272 g/mol. The number of benzene rings is 1. The van der Waals surface area contributed by atoms with Crippen LogP contribution in [0.4, 0.5) is 20.4 Å². The molecule has 0 saturated heterocycles. The van der Waals surface area contributed by atoms with Crippen molar-refractivity contribution in [2.75, 3.05) is 5.32 Å². The maximum absolute atomic E-state index is 13.6. The largest absolute Gasteiger partial charge is 0.322 e. The smallest absolute Gasteiger partial charge is 0.207 e. The third kappa shape index (κ3) is 2.46. The number of anilines is 2. The Kier molecular flexibility index (Phi) is 3.52. The van der Waals surface area contributed by atoms with E-state index in [1.54, 1.807) is 0 Å². The fourth-order valence-electron chi connectivity index (χ4n) is 1.66. The molecule has 6 heteroatoms. The predicted molar refractivity (Wildman–Crippen MR) is 67.3 cm³/mol. The fourth-order valence-corrected chi connectivity index (χ4v) is 1.90. The van der Waals surface area contributed by atoms with Crippen LogP contribution in [0.5, 0.6) is 0 Å². The number of aryl methyl sites for hydroxylation is 2. The van der Waals surface area contributed by atoms with Crippen molar-refractivity contribution in [2.45, 2.75) is 20.4 Å². The molecule has 0 atom stereocenters. The molecule has 18 heavy (non-hydrogen) atoms. The van der Waals surface area contributed by atoms with Crippen LogP contribution in [0, 0.1) is 18.6 Å². The van der Waals surface area contributed by atoms with Crippen molar-refractivity contribution in [1.29, 1.82) is 0 Å². The van der Waals surface area contributed by atoms with Gasteiger partial charge in [0, 0.05) is 18.8 Å². The van der Waals surface area contributed by atoms with Crippen LogP contribution in [-0.4, -0.2) is 9.55 Å². The second kappa shape index (κ2) is 4.94. The van der Waals surface area contributed by atoms with Crippen molar-refractivity contribution in [1.82, 2.24) is 9.55 Å². The highest BCUT2D eigenvalue weighted by Gasteiger charge is 2.13. The van der Waals surface area contributed by atoms with Crippen LogP contribution in [0.15, 0.2) is 18.3 Å². The van der Waals surface area contributed by atoms with Gasteiger partial charge in [-0.3, -0.25) is 0 Å². The van der Waals surface area contributed by atoms with Gasteiger partial charge in [-0.25, -0.2) is 13.8 Å². The van der Waals surface area contributed by atoms with Crippen LogP contribution in [0.1, 0.15) is 12.6 Å². The number of hydrogen-bond acceptors (Lipinski definition) is 2. The van der Waals surface area contributed by atoms with Crippen LogP contribution in [0.3, 0.4) is 0 Å². The summed E-state index contributed by atoms with van der Waals surface area (Å²) in [5, 5.41) is 2.77. The first-order valence-corrected chi connectivity index (χ1v) is 5.84. The second-order valence-corrected chi connectivity index (χ2v) is 4.27. The van der Waals surface area contributed by atoms with E-state index in [4.69, 9.17) is 11.6 Å². The minimum absolute atomic E-state index is 0.0178. The van der Waals surface area contributed by atoms with E-state index in [0.717, 1.165) is 17.8 Å². The molecule has 1 aromatic carbocycles. The van der Waals surface area contributed by atoms with Gasteiger partial charge < -0.3 is 9.88 Å². The average Bonchev–Trinajstić information content (AvgIpc) is 2.64. The molecule has 96 valence electrons. The van der Waals surface area contributed by atoms with Gasteiger partial charge in [0.25, 0.3) is 0 Å². The molecule has 0 amide bonds. The second-order valence-electron chi connectivity index (χ2n) is 3.86. The lowest BCUT2D eigenvalue weighted by Gasteiger charge is -2.10. The van der Waals surface area contributed by atoms with Gasteiger partial charge in [0.15, 0.2) is 5.82 Å². The number of imidazole rings is 1. The Balaban J connectivity index is 2.39. The van der Waals surface area contributed by atoms with Gasteiger partial charge in [-0.05, 0) is 19.9 Å². The van der Waals surface area contributed by atoms with E-state index in [-0.39, 0.29) is 10.7 Å². The first kappa shape index (κ1) is 12.8. The Bertz CT molecular complexity index is 558. The molecule has 0 aliphatic carbocycles. The lowest BCUT2D eigenvalue weighted by Crippen LogP contribution is -2.03. The van der Waals surface area contributed by atoms with Crippen molar-refractivity contribution in [2.24, 2.45) is 0 Å². The molecule has 1 N–H and O–H groups in total. The Morgan fingerprint density at radius 2 is 2.11 bits per heavy atom. The molecule has 0 fully saturated rings. The summed E-state index contributed by atoms with van der Waals surface area (Å²) in [6.07, 6.45) is 1.83. The zero-order valence-corrected chi connectivity index (χ0v) is 10.7. The molecule has 2 rings (SSSR count). The van der Waals surface area contributed by atoms with Crippen LogP contribution in [0.25, 0.3) is 0 Å². The van der Waals surface area contributed by atoms with Crippen molar-refractivity contribution in [3.63, 3.8) is 0 Å². The Morgan fingerprint density at radius 3 is 2.72 bits per heavy atom. The maximum Gasteiger partial charge on any atom is 0.207 e. The Labute approximate surface area is 108 Å². The van der Waals surface area contributed by atoms with E-state index in [9.17, 15) is 8.78 Å². The van der Waals surface area contributed by atoms with Gasteiger partial charge in [0.05, 0.1) is 16.4 Å². The quantitative estimate of drug-likeness (QED) is 0.918. The topological polar surface area (TPSA) is 29.9 Å². The number of aromatic nitrogens is 2. The number of halogens is 3. The van der Waals surface area contributed by atoms with Gasteiger partial charge in [0.2, 0.25) is 5.95 Å².